The van der Waals surface area contributed by atoms with Crippen molar-refractivity contribution in [3.05, 3.63) is 0 Å². The van der Waals surface area contributed by atoms with Crippen molar-refractivity contribution >= 4 is 5.78 Å². The SMILES string of the molecule is CCCCC(O)C(=O)CCC(C)C. The molecule has 0 aliphatic heterocycles. The lowest BCUT2D eigenvalue weighted by Gasteiger charge is -2.09. The lowest BCUT2D eigenvalue weighted by molar-refractivity contribution is -0.127. The minimum atomic E-state index is -0.710. The minimum absolute atomic E-state index is 0.0159. The molecule has 0 aliphatic carbocycles. The number of carbonyl (C=O) groups is 1. The predicted octanol–water partition coefficient (Wildman–Crippen LogP) is 2.54. The Bertz CT molecular complexity index is 141. The Morgan fingerprint density at radius 1 is 1.31 bits per heavy atom. The highest BCUT2D eigenvalue weighted by molar-refractivity contribution is 5.82. The first kappa shape index (κ1) is 12.6. The Balaban J connectivity index is 3.57. The number of rotatable bonds is 7. The van der Waals surface area contributed by atoms with Gasteiger partial charge in [-0.3, -0.25) is 4.79 Å². The number of ketones is 1. The summed E-state index contributed by atoms with van der Waals surface area (Å²) in [7, 11) is 0. The number of hydrogen-bond acceptors (Lipinski definition) is 2. The van der Waals surface area contributed by atoms with E-state index in [4.69, 9.17) is 0 Å². The minimum Gasteiger partial charge on any atom is -0.385 e. The predicted molar refractivity (Wildman–Crippen MR) is 54.6 cm³/mol. The second-order valence-corrected chi connectivity index (χ2v) is 4.06. The van der Waals surface area contributed by atoms with Crippen LogP contribution in [0.15, 0.2) is 0 Å². The van der Waals surface area contributed by atoms with Crippen LogP contribution >= 0.6 is 0 Å². The molecule has 0 amide bonds. The third kappa shape index (κ3) is 6.76. The normalized spacial score (nSPS) is 13.3. The van der Waals surface area contributed by atoms with Crippen molar-refractivity contribution in [2.24, 2.45) is 5.92 Å². The standard InChI is InChI=1S/C11H22O2/c1-4-5-6-10(12)11(13)8-7-9(2)3/h9-10,12H,4-8H2,1-3H3. The molecule has 0 spiro atoms. The summed E-state index contributed by atoms with van der Waals surface area (Å²) in [5.41, 5.74) is 0. The first-order valence-electron chi connectivity index (χ1n) is 5.28. The fourth-order valence-electron chi connectivity index (χ4n) is 1.16. The van der Waals surface area contributed by atoms with E-state index in [1.807, 2.05) is 0 Å². The molecule has 1 unspecified atom stereocenters. The average molecular weight is 186 g/mol. The van der Waals surface area contributed by atoms with Gasteiger partial charge in [0.15, 0.2) is 5.78 Å². The summed E-state index contributed by atoms with van der Waals surface area (Å²) in [5.74, 6) is 0.560. The van der Waals surface area contributed by atoms with E-state index in [0.29, 0.717) is 18.8 Å². The molecular weight excluding hydrogens is 164 g/mol. The van der Waals surface area contributed by atoms with Gasteiger partial charge < -0.3 is 5.11 Å². The van der Waals surface area contributed by atoms with Crippen molar-refractivity contribution < 1.29 is 9.90 Å². The molecule has 1 atom stereocenters. The quantitative estimate of drug-likeness (QED) is 0.663. The van der Waals surface area contributed by atoms with Crippen molar-refractivity contribution in [2.75, 3.05) is 0 Å². The number of aliphatic hydroxyl groups is 1. The van der Waals surface area contributed by atoms with Gasteiger partial charge in [-0.15, -0.1) is 0 Å². The van der Waals surface area contributed by atoms with Gasteiger partial charge >= 0.3 is 0 Å². The molecule has 13 heavy (non-hydrogen) atoms. The van der Waals surface area contributed by atoms with Crippen LogP contribution in [0.1, 0.15) is 52.9 Å². The number of hydrogen-bond donors (Lipinski definition) is 1. The highest BCUT2D eigenvalue weighted by Crippen LogP contribution is 2.09. The van der Waals surface area contributed by atoms with Crippen molar-refractivity contribution in [2.45, 2.75) is 59.0 Å². The largest absolute Gasteiger partial charge is 0.385 e. The molecule has 0 radical (unpaired) electrons. The molecule has 0 aromatic carbocycles. The highest BCUT2D eigenvalue weighted by Gasteiger charge is 2.13. The van der Waals surface area contributed by atoms with Crippen LogP contribution in [-0.4, -0.2) is 17.0 Å². The first-order valence-corrected chi connectivity index (χ1v) is 5.28. The van der Waals surface area contributed by atoms with Crippen LogP contribution in [0.3, 0.4) is 0 Å². The van der Waals surface area contributed by atoms with Crippen LogP contribution in [0.25, 0.3) is 0 Å². The molecule has 1 N–H and O–H groups in total. The number of Topliss-reactive ketones (excluding diaryl/α,β-unsaturated/α-hetero) is 1. The number of unbranched alkanes of at least 4 members (excludes halogenated alkanes) is 1. The maximum Gasteiger partial charge on any atom is 0.161 e. The smallest absolute Gasteiger partial charge is 0.161 e. The Morgan fingerprint density at radius 2 is 1.92 bits per heavy atom. The second-order valence-electron chi connectivity index (χ2n) is 4.06. The van der Waals surface area contributed by atoms with Gasteiger partial charge in [0, 0.05) is 6.42 Å². The fourth-order valence-corrected chi connectivity index (χ4v) is 1.16. The molecule has 0 heterocycles. The molecule has 2 heteroatoms. The lowest BCUT2D eigenvalue weighted by Crippen LogP contribution is -2.20. The summed E-state index contributed by atoms with van der Waals surface area (Å²) in [5, 5.41) is 9.41. The van der Waals surface area contributed by atoms with E-state index in [0.717, 1.165) is 19.3 Å². The lowest BCUT2D eigenvalue weighted by atomic mass is 10.0. The number of aliphatic hydroxyl groups excluding tert-OH is 1. The van der Waals surface area contributed by atoms with Crippen LogP contribution in [0.5, 0.6) is 0 Å². The molecule has 0 saturated heterocycles. The summed E-state index contributed by atoms with van der Waals surface area (Å²) in [4.78, 5) is 11.3. The van der Waals surface area contributed by atoms with E-state index >= 15 is 0 Å². The zero-order chi connectivity index (χ0) is 10.3. The van der Waals surface area contributed by atoms with Crippen LogP contribution in [0, 0.1) is 5.92 Å². The zero-order valence-corrected chi connectivity index (χ0v) is 9.05. The zero-order valence-electron chi connectivity index (χ0n) is 9.05. The monoisotopic (exact) mass is 186 g/mol. The Hall–Kier alpha value is -0.370. The highest BCUT2D eigenvalue weighted by atomic mass is 16.3. The van der Waals surface area contributed by atoms with Gasteiger partial charge in [-0.1, -0.05) is 33.6 Å². The average Bonchev–Trinajstić information content (AvgIpc) is 2.10. The van der Waals surface area contributed by atoms with Gasteiger partial charge in [0.2, 0.25) is 0 Å². The van der Waals surface area contributed by atoms with E-state index in [2.05, 4.69) is 20.8 Å². The van der Waals surface area contributed by atoms with Crippen LogP contribution < -0.4 is 0 Å². The Kier molecular flexibility index (Phi) is 6.87. The van der Waals surface area contributed by atoms with E-state index in [9.17, 15) is 9.90 Å². The molecule has 0 aromatic heterocycles. The molecule has 78 valence electrons. The van der Waals surface area contributed by atoms with Gasteiger partial charge in [0.05, 0.1) is 0 Å². The van der Waals surface area contributed by atoms with E-state index in [-0.39, 0.29) is 5.78 Å². The molecule has 0 aromatic rings. The molecule has 0 aliphatic rings. The summed E-state index contributed by atoms with van der Waals surface area (Å²) in [6, 6.07) is 0. The van der Waals surface area contributed by atoms with Crippen molar-refractivity contribution in [1.82, 2.24) is 0 Å². The van der Waals surface area contributed by atoms with Crippen LogP contribution in [-0.2, 0) is 4.79 Å². The van der Waals surface area contributed by atoms with Crippen molar-refractivity contribution in [3.8, 4) is 0 Å². The molecule has 0 rings (SSSR count). The van der Waals surface area contributed by atoms with Gasteiger partial charge in [-0.25, -0.2) is 0 Å². The van der Waals surface area contributed by atoms with E-state index < -0.39 is 6.10 Å². The topological polar surface area (TPSA) is 37.3 Å². The summed E-state index contributed by atoms with van der Waals surface area (Å²) < 4.78 is 0. The molecule has 0 fully saturated rings. The Morgan fingerprint density at radius 3 is 2.38 bits per heavy atom. The first-order chi connectivity index (χ1) is 6.07. The summed E-state index contributed by atoms with van der Waals surface area (Å²) in [6.45, 7) is 6.24. The second kappa shape index (κ2) is 7.07. The van der Waals surface area contributed by atoms with Crippen LogP contribution in [0.4, 0.5) is 0 Å². The molecule has 0 saturated carbocycles. The van der Waals surface area contributed by atoms with Crippen molar-refractivity contribution in [3.63, 3.8) is 0 Å². The fraction of sp³-hybridized carbons (Fsp3) is 0.909. The van der Waals surface area contributed by atoms with E-state index in [1.54, 1.807) is 0 Å². The molecule has 0 bridgehead atoms. The molecular formula is C11H22O2. The summed E-state index contributed by atoms with van der Waals surface area (Å²) in [6.07, 6.45) is 3.32. The van der Waals surface area contributed by atoms with Crippen LogP contribution in [0.2, 0.25) is 0 Å². The number of carbonyl (C=O) groups excluding carboxylic acids is 1. The van der Waals surface area contributed by atoms with Gasteiger partial charge in [-0.2, -0.15) is 0 Å². The third-order valence-electron chi connectivity index (χ3n) is 2.17. The third-order valence-corrected chi connectivity index (χ3v) is 2.17. The maximum atomic E-state index is 11.3. The van der Waals surface area contributed by atoms with E-state index in [1.165, 1.54) is 0 Å². The maximum absolute atomic E-state index is 11.3. The van der Waals surface area contributed by atoms with Gasteiger partial charge in [0.25, 0.3) is 0 Å². The van der Waals surface area contributed by atoms with Crippen molar-refractivity contribution in [1.29, 1.82) is 0 Å². The summed E-state index contributed by atoms with van der Waals surface area (Å²) >= 11 is 0. The van der Waals surface area contributed by atoms with Gasteiger partial charge in [0.1, 0.15) is 6.10 Å². The molecule has 2 nitrogen and oxygen atoms in total. The van der Waals surface area contributed by atoms with Gasteiger partial charge in [-0.05, 0) is 18.8 Å². The Labute approximate surface area is 81.3 Å².